The molecule has 86 valence electrons. The molecule has 2 aromatic heterocycles. The highest BCUT2D eigenvalue weighted by Crippen LogP contribution is 2.34. The molecule has 2 N–H and O–H groups in total. The molecule has 0 fully saturated rings. The number of furan rings is 1. The Balaban J connectivity index is 2.12. The Labute approximate surface area is 97.4 Å². The maximum Gasteiger partial charge on any atom is 0.277 e. The van der Waals surface area contributed by atoms with Crippen LogP contribution in [-0.2, 0) is 0 Å². The van der Waals surface area contributed by atoms with Gasteiger partial charge < -0.3 is 14.6 Å². The van der Waals surface area contributed by atoms with Crippen LogP contribution >= 0.6 is 11.8 Å². The van der Waals surface area contributed by atoms with Crippen LogP contribution in [0.25, 0.3) is 0 Å². The van der Waals surface area contributed by atoms with Crippen molar-refractivity contribution >= 4 is 11.8 Å². The third-order valence-electron chi connectivity index (χ3n) is 2.04. The topological polar surface area (TPSA) is 78.1 Å². The molecule has 0 saturated carbocycles. The summed E-state index contributed by atoms with van der Waals surface area (Å²) < 4.78 is 10.8. The number of hydrogen-bond donors (Lipinski definition) is 1. The predicted molar refractivity (Wildman–Crippen MR) is 60.1 cm³/mol. The second kappa shape index (κ2) is 4.71. The van der Waals surface area contributed by atoms with Crippen LogP contribution in [0.2, 0.25) is 0 Å². The molecule has 0 saturated heterocycles. The zero-order chi connectivity index (χ0) is 11.5. The normalized spacial score (nSPS) is 12.9. The summed E-state index contributed by atoms with van der Waals surface area (Å²) in [6, 6.07) is 3.83. The minimum absolute atomic E-state index is 0.00792. The average molecular weight is 239 g/mol. The first kappa shape index (κ1) is 11.2. The van der Waals surface area contributed by atoms with E-state index < -0.39 is 0 Å². The van der Waals surface area contributed by atoms with Gasteiger partial charge in [-0.25, -0.2) is 0 Å². The van der Waals surface area contributed by atoms with Gasteiger partial charge in [-0.15, -0.1) is 10.2 Å². The van der Waals surface area contributed by atoms with E-state index in [-0.39, 0.29) is 5.25 Å². The van der Waals surface area contributed by atoms with E-state index in [2.05, 4.69) is 10.2 Å². The summed E-state index contributed by atoms with van der Waals surface area (Å²) in [5, 5.41) is 8.20. The van der Waals surface area contributed by atoms with Crippen molar-refractivity contribution in [1.82, 2.24) is 10.2 Å². The van der Waals surface area contributed by atoms with Crippen LogP contribution in [0.3, 0.4) is 0 Å². The fraction of sp³-hybridized carbons (Fsp3) is 0.400. The second-order valence-electron chi connectivity index (χ2n) is 3.38. The molecule has 2 rings (SSSR count). The maximum atomic E-state index is 5.70. The molecule has 0 radical (unpaired) electrons. The molecule has 1 unspecified atom stereocenters. The highest BCUT2D eigenvalue weighted by molar-refractivity contribution is 7.99. The molecule has 0 aliphatic heterocycles. The van der Waals surface area contributed by atoms with Gasteiger partial charge in [0.05, 0.1) is 5.25 Å². The monoisotopic (exact) mass is 239 g/mol. The van der Waals surface area contributed by atoms with E-state index in [4.69, 9.17) is 14.6 Å². The molecule has 0 aliphatic carbocycles. The third-order valence-corrected chi connectivity index (χ3v) is 3.12. The lowest BCUT2D eigenvalue weighted by molar-refractivity contribution is 0.426. The molecule has 1 atom stereocenters. The van der Waals surface area contributed by atoms with Crippen LogP contribution in [0.1, 0.15) is 22.7 Å². The second-order valence-corrected chi connectivity index (χ2v) is 4.53. The molecule has 0 amide bonds. The van der Waals surface area contributed by atoms with Gasteiger partial charge >= 0.3 is 0 Å². The van der Waals surface area contributed by atoms with Crippen LogP contribution in [0.4, 0.5) is 0 Å². The van der Waals surface area contributed by atoms with Crippen molar-refractivity contribution in [3.63, 3.8) is 0 Å². The standard InChI is InChI=1S/C10H13N3O2S/c1-6-3-4-8(14-6)9(5-11)16-10-13-12-7(2)15-10/h3-4,9H,5,11H2,1-2H3. The number of nitrogens with zero attached hydrogens (tertiary/aromatic N) is 2. The molecule has 6 heteroatoms. The Bertz CT molecular complexity index is 466. The smallest absolute Gasteiger partial charge is 0.277 e. The van der Waals surface area contributed by atoms with Crippen molar-refractivity contribution in [3.05, 3.63) is 29.5 Å². The highest BCUT2D eigenvalue weighted by Gasteiger charge is 2.18. The Kier molecular flexibility index (Phi) is 3.31. The molecule has 0 spiro atoms. The fourth-order valence-corrected chi connectivity index (χ4v) is 2.14. The lowest BCUT2D eigenvalue weighted by Gasteiger charge is -2.07. The Morgan fingerprint density at radius 2 is 2.12 bits per heavy atom. The summed E-state index contributed by atoms with van der Waals surface area (Å²) in [6.07, 6.45) is 0. The van der Waals surface area contributed by atoms with Crippen molar-refractivity contribution in [3.8, 4) is 0 Å². The summed E-state index contributed by atoms with van der Waals surface area (Å²) in [5.41, 5.74) is 5.70. The number of rotatable bonds is 4. The Morgan fingerprint density at radius 1 is 1.31 bits per heavy atom. The van der Waals surface area contributed by atoms with Gasteiger partial charge in [0, 0.05) is 13.5 Å². The van der Waals surface area contributed by atoms with Crippen LogP contribution in [0, 0.1) is 13.8 Å². The van der Waals surface area contributed by atoms with Gasteiger partial charge in [0.1, 0.15) is 11.5 Å². The minimum Gasteiger partial charge on any atom is -0.465 e. The van der Waals surface area contributed by atoms with Gasteiger partial charge in [-0.3, -0.25) is 0 Å². The van der Waals surface area contributed by atoms with Gasteiger partial charge in [-0.2, -0.15) is 0 Å². The molecular weight excluding hydrogens is 226 g/mol. The predicted octanol–water partition coefficient (Wildman–Crippen LogP) is 2.07. The van der Waals surface area contributed by atoms with E-state index in [9.17, 15) is 0 Å². The molecule has 0 aliphatic rings. The van der Waals surface area contributed by atoms with E-state index in [0.29, 0.717) is 17.7 Å². The molecule has 16 heavy (non-hydrogen) atoms. The third kappa shape index (κ3) is 2.45. The first-order chi connectivity index (χ1) is 7.69. The lowest BCUT2D eigenvalue weighted by atomic mass is 10.3. The first-order valence-corrected chi connectivity index (χ1v) is 5.80. The number of aromatic nitrogens is 2. The van der Waals surface area contributed by atoms with E-state index >= 15 is 0 Å². The molecule has 5 nitrogen and oxygen atoms in total. The molecule has 2 aromatic rings. The number of hydrogen-bond acceptors (Lipinski definition) is 6. The zero-order valence-corrected chi connectivity index (χ0v) is 9.95. The van der Waals surface area contributed by atoms with E-state index in [0.717, 1.165) is 11.5 Å². The first-order valence-electron chi connectivity index (χ1n) is 4.92. The number of nitrogens with two attached hydrogens (primary N) is 1. The Hall–Kier alpha value is -1.27. The van der Waals surface area contributed by atoms with Crippen LogP contribution in [0.5, 0.6) is 0 Å². The van der Waals surface area contributed by atoms with Gasteiger partial charge in [0.15, 0.2) is 0 Å². The summed E-state index contributed by atoms with van der Waals surface area (Å²) in [6.45, 7) is 4.11. The van der Waals surface area contributed by atoms with Gasteiger partial charge in [0.25, 0.3) is 5.22 Å². The molecular formula is C10H13N3O2S. The van der Waals surface area contributed by atoms with Gasteiger partial charge in [-0.05, 0) is 19.1 Å². The maximum absolute atomic E-state index is 5.70. The fourth-order valence-electron chi connectivity index (χ4n) is 1.30. The van der Waals surface area contributed by atoms with Crippen molar-refractivity contribution in [2.24, 2.45) is 5.73 Å². The van der Waals surface area contributed by atoms with Crippen molar-refractivity contribution in [2.75, 3.05) is 6.54 Å². The minimum atomic E-state index is 0.00792. The zero-order valence-electron chi connectivity index (χ0n) is 9.14. The summed E-state index contributed by atoms with van der Waals surface area (Å²) in [7, 11) is 0. The van der Waals surface area contributed by atoms with E-state index in [1.54, 1.807) is 6.92 Å². The lowest BCUT2D eigenvalue weighted by Crippen LogP contribution is -2.08. The number of thioether (sulfide) groups is 1. The van der Waals surface area contributed by atoms with Crippen molar-refractivity contribution in [2.45, 2.75) is 24.3 Å². The quantitative estimate of drug-likeness (QED) is 0.823. The van der Waals surface area contributed by atoms with Gasteiger partial charge in [-0.1, -0.05) is 11.8 Å². The summed E-state index contributed by atoms with van der Waals surface area (Å²) in [5.74, 6) is 2.26. The van der Waals surface area contributed by atoms with E-state index in [1.165, 1.54) is 11.8 Å². The van der Waals surface area contributed by atoms with Crippen LogP contribution < -0.4 is 5.73 Å². The molecule has 2 heterocycles. The highest BCUT2D eigenvalue weighted by atomic mass is 32.2. The van der Waals surface area contributed by atoms with Crippen LogP contribution in [0.15, 0.2) is 26.2 Å². The number of aryl methyl sites for hydroxylation is 2. The molecule has 0 aromatic carbocycles. The largest absolute Gasteiger partial charge is 0.465 e. The van der Waals surface area contributed by atoms with Gasteiger partial charge in [0.2, 0.25) is 5.89 Å². The van der Waals surface area contributed by atoms with Crippen molar-refractivity contribution < 1.29 is 8.83 Å². The van der Waals surface area contributed by atoms with Crippen LogP contribution in [-0.4, -0.2) is 16.7 Å². The SMILES string of the molecule is Cc1ccc(C(CN)Sc2nnc(C)o2)o1. The average Bonchev–Trinajstić information content (AvgIpc) is 2.84. The summed E-state index contributed by atoms with van der Waals surface area (Å²) >= 11 is 1.42. The van der Waals surface area contributed by atoms with Crippen molar-refractivity contribution in [1.29, 1.82) is 0 Å². The molecule has 0 bridgehead atoms. The Morgan fingerprint density at radius 3 is 2.62 bits per heavy atom. The van der Waals surface area contributed by atoms with E-state index in [1.807, 2.05) is 19.1 Å². The summed E-state index contributed by atoms with van der Waals surface area (Å²) in [4.78, 5) is 0.